The second-order valence-corrected chi connectivity index (χ2v) is 6.57. The van der Waals surface area contributed by atoms with E-state index in [0.29, 0.717) is 5.56 Å². The van der Waals surface area contributed by atoms with Crippen LogP contribution in [0.2, 0.25) is 0 Å². The van der Waals surface area contributed by atoms with Crippen LogP contribution in [0.3, 0.4) is 0 Å². The van der Waals surface area contributed by atoms with Gasteiger partial charge in [-0.1, -0.05) is 55.2 Å². The SMILES string of the molecule is C=Cc1c(/C=C\C)c2ccccc2n1-c1ccc(C#N)cc1/C(C)=C/C=C\C. The van der Waals surface area contributed by atoms with Crippen LogP contribution in [0.15, 0.2) is 73.3 Å². The van der Waals surface area contributed by atoms with Crippen LogP contribution in [0.25, 0.3) is 34.3 Å². The topological polar surface area (TPSA) is 28.7 Å². The molecule has 1 heterocycles. The van der Waals surface area contributed by atoms with Crippen LogP contribution >= 0.6 is 0 Å². The minimum atomic E-state index is 0.650. The molecule has 138 valence electrons. The van der Waals surface area contributed by atoms with E-state index in [-0.39, 0.29) is 0 Å². The first-order valence-electron chi connectivity index (χ1n) is 9.39. The highest BCUT2D eigenvalue weighted by Crippen LogP contribution is 2.34. The van der Waals surface area contributed by atoms with Gasteiger partial charge in [0.25, 0.3) is 0 Å². The molecule has 0 fully saturated rings. The third-order valence-electron chi connectivity index (χ3n) is 4.81. The molecule has 0 spiro atoms. The fraction of sp³-hybridized carbons (Fsp3) is 0.115. The zero-order valence-electron chi connectivity index (χ0n) is 16.6. The molecule has 0 amide bonds. The van der Waals surface area contributed by atoms with Crippen molar-refractivity contribution in [3.8, 4) is 11.8 Å². The predicted octanol–water partition coefficient (Wildman–Crippen LogP) is 7.16. The molecule has 0 aliphatic heterocycles. The van der Waals surface area contributed by atoms with Gasteiger partial charge in [0.2, 0.25) is 0 Å². The zero-order chi connectivity index (χ0) is 20.1. The lowest BCUT2D eigenvalue weighted by Crippen LogP contribution is -2.02. The van der Waals surface area contributed by atoms with E-state index in [1.807, 2.05) is 50.3 Å². The van der Waals surface area contributed by atoms with Crippen LogP contribution in [-0.4, -0.2) is 4.57 Å². The summed E-state index contributed by atoms with van der Waals surface area (Å²) < 4.78 is 2.24. The number of para-hydroxylation sites is 1. The highest BCUT2D eigenvalue weighted by molar-refractivity contribution is 5.96. The average Bonchev–Trinajstić information content (AvgIpc) is 3.05. The highest BCUT2D eigenvalue weighted by atomic mass is 15.0. The number of rotatable bonds is 5. The van der Waals surface area contributed by atoms with Crippen LogP contribution in [0.5, 0.6) is 0 Å². The van der Waals surface area contributed by atoms with Gasteiger partial charge in [0.1, 0.15) is 0 Å². The molecule has 0 saturated carbocycles. The summed E-state index contributed by atoms with van der Waals surface area (Å²) >= 11 is 0. The number of hydrogen-bond donors (Lipinski definition) is 0. The Morgan fingerprint density at radius 3 is 2.57 bits per heavy atom. The van der Waals surface area contributed by atoms with Gasteiger partial charge in [0, 0.05) is 16.5 Å². The summed E-state index contributed by atoms with van der Waals surface area (Å²) in [5.41, 5.74) is 7.15. The Morgan fingerprint density at radius 2 is 1.89 bits per heavy atom. The molecule has 0 atom stereocenters. The lowest BCUT2D eigenvalue weighted by Gasteiger charge is -2.15. The van der Waals surface area contributed by atoms with Gasteiger partial charge in [-0.25, -0.2) is 0 Å². The van der Waals surface area contributed by atoms with E-state index in [2.05, 4.69) is 66.6 Å². The molecule has 0 unspecified atom stereocenters. The Kier molecular flexibility index (Phi) is 5.77. The molecule has 0 bridgehead atoms. The number of aromatic nitrogens is 1. The lowest BCUT2D eigenvalue weighted by atomic mass is 10.0. The van der Waals surface area contributed by atoms with Crippen molar-refractivity contribution in [2.45, 2.75) is 20.8 Å². The monoisotopic (exact) mass is 364 g/mol. The van der Waals surface area contributed by atoms with E-state index >= 15 is 0 Å². The Hall–Kier alpha value is -3.57. The predicted molar refractivity (Wildman–Crippen MR) is 121 cm³/mol. The van der Waals surface area contributed by atoms with Gasteiger partial charge in [-0.2, -0.15) is 5.26 Å². The van der Waals surface area contributed by atoms with Crippen molar-refractivity contribution in [2.75, 3.05) is 0 Å². The minimum Gasteiger partial charge on any atom is -0.309 e. The number of fused-ring (bicyclic) bond motifs is 1. The number of nitriles is 1. The van der Waals surface area contributed by atoms with E-state index in [1.165, 1.54) is 5.39 Å². The molecular weight excluding hydrogens is 340 g/mol. The fourth-order valence-corrected chi connectivity index (χ4v) is 3.53. The first-order chi connectivity index (χ1) is 13.7. The van der Waals surface area contributed by atoms with Gasteiger partial charge in [-0.05, 0) is 56.7 Å². The summed E-state index contributed by atoms with van der Waals surface area (Å²) in [6.45, 7) is 10.2. The maximum atomic E-state index is 9.41. The molecule has 2 aromatic carbocycles. The quantitative estimate of drug-likeness (QED) is 0.442. The number of nitrogens with zero attached hydrogens (tertiary/aromatic N) is 2. The van der Waals surface area contributed by atoms with Crippen molar-refractivity contribution in [3.63, 3.8) is 0 Å². The Balaban J connectivity index is 2.44. The van der Waals surface area contributed by atoms with E-state index < -0.39 is 0 Å². The van der Waals surface area contributed by atoms with Crippen LogP contribution in [0.1, 0.15) is 43.2 Å². The molecule has 1 aromatic heterocycles. The molecule has 3 aromatic rings. The fourth-order valence-electron chi connectivity index (χ4n) is 3.53. The van der Waals surface area contributed by atoms with E-state index in [9.17, 15) is 5.26 Å². The van der Waals surface area contributed by atoms with Crippen molar-refractivity contribution in [1.82, 2.24) is 4.57 Å². The van der Waals surface area contributed by atoms with Crippen LogP contribution in [0.4, 0.5) is 0 Å². The Morgan fingerprint density at radius 1 is 1.11 bits per heavy atom. The van der Waals surface area contributed by atoms with E-state index in [1.54, 1.807) is 0 Å². The third kappa shape index (κ3) is 3.35. The summed E-state index contributed by atoms with van der Waals surface area (Å²) in [5, 5.41) is 10.6. The second-order valence-electron chi connectivity index (χ2n) is 6.57. The van der Waals surface area contributed by atoms with Gasteiger partial charge in [-0.15, -0.1) is 0 Å². The largest absolute Gasteiger partial charge is 0.309 e. The van der Waals surface area contributed by atoms with Crippen molar-refractivity contribution in [3.05, 3.63) is 95.7 Å². The summed E-state index contributed by atoms with van der Waals surface area (Å²) in [6.07, 6.45) is 12.2. The molecule has 0 N–H and O–H groups in total. The molecular formula is C26H24N2. The number of hydrogen-bond acceptors (Lipinski definition) is 1. The Bertz CT molecular complexity index is 1160. The second kappa shape index (κ2) is 8.41. The standard InChI is InChI=1S/C26H24N2/c1-5-8-12-19(4)23-17-20(18-27)15-16-26(23)28-24(7-3)21(11-6-2)22-13-9-10-14-25(22)28/h5-17H,3H2,1-2,4H3/b8-5-,11-6-,19-12+. The average molecular weight is 364 g/mol. The van der Waals surface area contributed by atoms with Crippen molar-refractivity contribution >= 4 is 28.6 Å². The van der Waals surface area contributed by atoms with E-state index in [0.717, 1.165) is 33.6 Å². The van der Waals surface area contributed by atoms with Crippen LogP contribution in [0, 0.1) is 11.3 Å². The molecule has 2 nitrogen and oxygen atoms in total. The van der Waals surface area contributed by atoms with Crippen molar-refractivity contribution < 1.29 is 0 Å². The summed E-state index contributed by atoms with van der Waals surface area (Å²) in [5.74, 6) is 0. The van der Waals surface area contributed by atoms with Gasteiger partial charge in [0.15, 0.2) is 0 Å². The summed E-state index contributed by atoms with van der Waals surface area (Å²) in [6, 6.07) is 16.5. The summed E-state index contributed by atoms with van der Waals surface area (Å²) in [4.78, 5) is 0. The normalized spacial score (nSPS) is 12.1. The van der Waals surface area contributed by atoms with Crippen LogP contribution < -0.4 is 0 Å². The maximum Gasteiger partial charge on any atom is 0.0991 e. The number of allylic oxidation sites excluding steroid dienone is 5. The first-order valence-corrected chi connectivity index (χ1v) is 9.39. The minimum absolute atomic E-state index is 0.650. The molecule has 2 heteroatoms. The Labute approximate surface area is 167 Å². The number of benzene rings is 2. The lowest BCUT2D eigenvalue weighted by molar-refractivity contribution is 1.10. The highest BCUT2D eigenvalue weighted by Gasteiger charge is 2.17. The smallest absolute Gasteiger partial charge is 0.0991 e. The van der Waals surface area contributed by atoms with Crippen molar-refractivity contribution in [1.29, 1.82) is 5.26 Å². The molecule has 0 radical (unpaired) electrons. The third-order valence-corrected chi connectivity index (χ3v) is 4.81. The molecule has 0 aliphatic carbocycles. The maximum absolute atomic E-state index is 9.41. The van der Waals surface area contributed by atoms with Gasteiger partial charge < -0.3 is 4.57 Å². The van der Waals surface area contributed by atoms with Gasteiger partial charge in [-0.3, -0.25) is 0 Å². The molecule has 3 rings (SSSR count). The molecule has 0 saturated heterocycles. The van der Waals surface area contributed by atoms with Crippen LogP contribution in [-0.2, 0) is 0 Å². The summed E-state index contributed by atoms with van der Waals surface area (Å²) in [7, 11) is 0. The zero-order valence-corrected chi connectivity index (χ0v) is 16.6. The first kappa shape index (κ1) is 19.2. The molecule has 28 heavy (non-hydrogen) atoms. The van der Waals surface area contributed by atoms with Crippen molar-refractivity contribution in [2.24, 2.45) is 0 Å². The van der Waals surface area contributed by atoms with Gasteiger partial charge in [0.05, 0.1) is 28.5 Å². The van der Waals surface area contributed by atoms with Gasteiger partial charge >= 0.3 is 0 Å². The van der Waals surface area contributed by atoms with E-state index in [4.69, 9.17) is 0 Å². The molecule has 0 aliphatic rings.